The summed E-state index contributed by atoms with van der Waals surface area (Å²) in [6.07, 6.45) is 3.45. The number of rotatable bonds is 9. The van der Waals surface area contributed by atoms with Gasteiger partial charge in [-0.3, -0.25) is 19.2 Å². The fraction of sp³-hybridized carbons (Fsp3) is 0.792. The average molecular weight is 478 g/mol. The van der Waals surface area contributed by atoms with Crippen LogP contribution in [0.1, 0.15) is 53.4 Å². The summed E-state index contributed by atoms with van der Waals surface area (Å²) < 4.78 is 0. The molecule has 3 fully saturated rings. The van der Waals surface area contributed by atoms with Crippen molar-refractivity contribution >= 4 is 29.5 Å². The van der Waals surface area contributed by atoms with Crippen molar-refractivity contribution in [1.29, 1.82) is 0 Å². The predicted molar refractivity (Wildman–Crippen MR) is 125 cm³/mol. The molecular weight excluding hydrogens is 438 g/mol. The van der Waals surface area contributed by atoms with Gasteiger partial charge in [0.25, 0.3) is 5.91 Å². The van der Waals surface area contributed by atoms with E-state index in [9.17, 15) is 24.0 Å². The second kappa shape index (κ2) is 9.92. The minimum atomic E-state index is -0.916. The summed E-state index contributed by atoms with van der Waals surface area (Å²) in [5.74, 6) is -1.87. The molecule has 3 aliphatic rings. The lowest BCUT2D eigenvalue weighted by atomic mass is 9.80. The van der Waals surface area contributed by atoms with Gasteiger partial charge in [-0.1, -0.05) is 47.0 Å². The zero-order valence-electron chi connectivity index (χ0n) is 21.1. The zero-order valence-corrected chi connectivity index (χ0v) is 21.1. The number of nitrogens with one attached hydrogen (secondary N) is 4. The van der Waals surface area contributed by atoms with Gasteiger partial charge in [0.1, 0.15) is 12.1 Å². The van der Waals surface area contributed by atoms with Crippen molar-refractivity contribution in [3.63, 3.8) is 0 Å². The minimum Gasteiger partial charge on any atom is -0.353 e. The molecule has 5 amide bonds. The highest BCUT2D eigenvalue weighted by Gasteiger charge is 2.69. The van der Waals surface area contributed by atoms with Gasteiger partial charge in [0, 0.05) is 20.6 Å². The topological polar surface area (TPSA) is 137 Å². The van der Waals surface area contributed by atoms with Crippen molar-refractivity contribution in [1.82, 2.24) is 26.2 Å². The Labute approximate surface area is 201 Å². The molecule has 0 aromatic heterocycles. The number of hydrogen-bond acceptors (Lipinski definition) is 5. The van der Waals surface area contributed by atoms with Crippen LogP contribution < -0.4 is 21.3 Å². The van der Waals surface area contributed by atoms with Gasteiger partial charge < -0.3 is 26.2 Å². The van der Waals surface area contributed by atoms with E-state index in [0.29, 0.717) is 18.9 Å². The largest absolute Gasteiger partial charge is 0.353 e. The maximum atomic E-state index is 13.6. The first kappa shape index (κ1) is 26.0. The summed E-state index contributed by atoms with van der Waals surface area (Å²) in [5.41, 5.74) is -0.103. The maximum absolute atomic E-state index is 13.6. The molecule has 3 rings (SSSR count). The summed E-state index contributed by atoms with van der Waals surface area (Å²) >= 11 is 0. The van der Waals surface area contributed by atoms with Crippen LogP contribution in [-0.2, 0) is 19.2 Å². The number of likely N-dealkylation sites (tertiary alicyclic amines) is 1. The van der Waals surface area contributed by atoms with Crippen LogP contribution in [0.5, 0.6) is 0 Å². The molecule has 0 radical (unpaired) electrons. The number of carbonyl (C=O) groups excluding carboxylic acids is 5. The van der Waals surface area contributed by atoms with Crippen LogP contribution in [-0.4, -0.2) is 73.2 Å². The number of Topliss-reactive ketones (excluding diaryl/α,β-unsaturated/α-hetero) is 1. The Balaban J connectivity index is 1.81. The van der Waals surface area contributed by atoms with Crippen molar-refractivity contribution in [2.24, 2.45) is 29.1 Å². The number of likely N-dealkylation sites (N-methyl/N-ethyl adjacent to an activating group) is 1. The van der Waals surface area contributed by atoms with Crippen LogP contribution in [0.25, 0.3) is 0 Å². The minimum absolute atomic E-state index is 0.0382. The fourth-order valence-electron chi connectivity index (χ4n) is 5.55. The number of ketones is 1. The van der Waals surface area contributed by atoms with Crippen LogP contribution in [0.15, 0.2) is 0 Å². The lowest BCUT2D eigenvalue weighted by Crippen LogP contribution is -2.59. The Bertz CT molecular complexity index is 853. The van der Waals surface area contributed by atoms with E-state index in [1.54, 1.807) is 4.90 Å². The quantitative estimate of drug-likeness (QED) is 0.357. The maximum Gasteiger partial charge on any atom is 0.315 e. The molecule has 0 bridgehead atoms. The van der Waals surface area contributed by atoms with Gasteiger partial charge in [0.2, 0.25) is 17.6 Å². The van der Waals surface area contributed by atoms with Gasteiger partial charge in [-0.15, -0.1) is 0 Å². The highest BCUT2D eigenvalue weighted by Crippen LogP contribution is 2.65. The summed E-state index contributed by atoms with van der Waals surface area (Å²) in [7, 11) is 2.87. The Morgan fingerprint density at radius 3 is 2.15 bits per heavy atom. The van der Waals surface area contributed by atoms with Crippen LogP contribution >= 0.6 is 0 Å². The normalized spacial score (nSPS) is 26.6. The lowest BCUT2D eigenvalue weighted by molar-refractivity contribution is -0.144. The molecule has 1 aliphatic heterocycles. The van der Waals surface area contributed by atoms with Crippen molar-refractivity contribution < 1.29 is 24.0 Å². The smallest absolute Gasteiger partial charge is 0.315 e. The zero-order chi connectivity index (χ0) is 25.4. The molecule has 1 unspecified atom stereocenters. The van der Waals surface area contributed by atoms with Crippen molar-refractivity contribution in [2.75, 3.05) is 20.6 Å². The molecule has 10 nitrogen and oxygen atoms in total. The fourth-order valence-corrected chi connectivity index (χ4v) is 5.55. The van der Waals surface area contributed by atoms with Crippen LogP contribution in [0.3, 0.4) is 0 Å². The summed E-state index contributed by atoms with van der Waals surface area (Å²) in [5, 5.41) is 10.3. The standard InChI is InChI=1S/C24H39N5O5/c1-12(2)17(28-23(34)26-6)22(33)29-11-14-16(24(14,3)4)18(29)20(31)27-15(10-13-8-7-9-13)19(30)21(32)25-5/h12-18H,7-11H2,1-6H3,(H,25,32)(H,27,31)(H2,26,28,34)/t14-,15?,16-,17-,18-/m0/s1. The van der Waals surface area contributed by atoms with Gasteiger partial charge in [-0.25, -0.2) is 4.79 Å². The van der Waals surface area contributed by atoms with E-state index in [4.69, 9.17) is 0 Å². The number of amides is 5. The molecule has 2 saturated carbocycles. The Hall–Kier alpha value is -2.65. The van der Waals surface area contributed by atoms with Crippen LogP contribution in [0.2, 0.25) is 0 Å². The van der Waals surface area contributed by atoms with Crippen LogP contribution in [0, 0.1) is 29.1 Å². The number of hydrogen-bond donors (Lipinski definition) is 4. The third kappa shape index (κ3) is 4.90. The molecule has 1 heterocycles. The molecular formula is C24H39N5O5. The van der Waals surface area contributed by atoms with Crippen molar-refractivity contribution in [3.05, 3.63) is 0 Å². The molecule has 0 spiro atoms. The van der Waals surface area contributed by atoms with Gasteiger partial charge in [0.15, 0.2) is 0 Å². The SMILES string of the molecule is CNC(=O)N[C@H](C(=O)N1C[C@H]2[C@@H]([C@H]1C(=O)NC(CC1CCC1)C(=O)C(=O)NC)C2(C)C)C(C)C. The summed E-state index contributed by atoms with van der Waals surface area (Å²) in [6.45, 7) is 8.25. The van der Waals surface area contributed by atoms with E-state index in [-0.39, 0.29) is 29.1 Å². The van der Waals surface area contributed by atoms with E-state index in [1.165, 1.54) is 14.1 Å². The number of fused-ring (bicyclic) bond motifs is 1. The van der Waals surface area contributed by atoms with E-state index in [1.807, 2.05) is 13.8 Å². The highest BCUT2D eigenvalue weighted by molar-refractivity contribution is 6.38. The van der Waals surface area contributed by atoms with E-state index in [2.05, 4.69) is 35.1 Å². The highest BCUT2D eigenvalue weighted by atomic mass is 16.2. The molecule has 0 aromatic rings. The first-order valence-corrected chi connectivity index (χ1v) is 12.3. The number of piperidine rings is 1. The second-order valence-corrected chi connectivity index (χ2v) is 10.9. The lowest BCUT2D eigenvalue weighted by Gasteiger charge is -2.35. The number of carbonyl (C=O) groups is 5. The number of urea groups is 1. The Kier molecular flexibility index (Phi) is 7.57. The predicted octanol–water partition coefficient (Wildman–Crippen LogP) is 0.413. The van der Waals surface area contributed by atoms with Crippen molar-refractivity contribution in [2.45, 2.75) is 71.5 Å². The van der Waals surface area contributed by atoms with Gasteiger partial charge in [-0.2, -0.15) is 0 Å². The Morgan fingerprint density at radius 1 is 1.00 bits per heavy atom. The first-order valence-electron chi connectivity index (χ1n) is 12.3. The molecule has 2 aliphatic carbocycles. The number of nitrogens with zero attached hydrogens (tertiary/aromatic N) is 1. The molecule has 10 heteroatoms. The van der Waals surface area contributed by atoms with Gasteiger partial charge >= 0.3 is 6.03 Å². The van der Waals surface area contributed by atoms with E-state index >= 15 is 0 Å². The van der Waals surface area contributed by atoms with Crippen molar-refractivity contribution in [3.8, 4) is 0 Å². The Morgan fingerprint density at radius 2 is 1.65 bits per heavy atom. The van der Waals surface area contributed by atoms with Gasteiger partial charge in [0.05, 0.1) is 6.04 Å². The second-order valence-electron chi connectivity index (χ2n) is 10.9. The molecule has 5 atom stereocenters. The molecule has 0 aromatic carbocycles. The molecule has 1 saturated heterocycles. The van der Waals surface area contributed by atoms with E-state index < -0.39 is 41.8 Å². The molecule has 4 N–H and O–H groups in total. The molecule has 34 heavy (non-hydrogen) atoms. The van der Waals surface area contributed by atoms with Gasteiger partial charge in [-0.05, 0) is 35.5 Å². The van der Waals surface area contributed by atoms with E-state index in [0.717, 1.165) is 19.3 Å². The molecule has 190 valence electrons. The average Bonchev–Trinajstić information content (AvgIpc) is 3.11. The monoisotopic (exact) mass is 477 g/mol. The first-order chi connectivity index (χ1) is 15.9. The van der Waals surface area contributed by atoms with Crippen LogP contribution in [0.4, 0.5) is 4.79 Å². The third-order valence-corrected chi connectivity index (χ3v) is 8.08. The third-order valence-electron chi connectivity index (χ3n) is 8.08. The summed E-state index contributed by atoms with van der Waals surface area (Å²) in [4.78, 5) is 65.4. The summed E-state index contributed by atoms with van der Waals surface area (Å²) in [6, 6.07) is -2.91.